The second kappa shape index (κ2) is 6.18. The lowest BCUT2D eigenvalue weighted by Gasteiger charge is -2.25. The van der Waals surface area contributed by atoms with Crippen LogP contribution in [0.1, 0.15) is 19.3 Å². The largest absolute Gasteiger partial charge is 0.379 e. The van der Waals surface area contributed by atoms with Crippen LogP contribution in [0.15, 0.2) is 0 Å². The first-order chi connectivity index (χ1) is 7.36. The van der Waals surface area contributed by atoms with E-state index >= 15 is 0 Å². The van der Waals surface area contributed by atoms with Gasteiger partial charge in [0.2, 0.25) is 0 Å². The fourth-order valence-corrected chi connectivity index (χ4v) is 2.32. The van der Waals surface area contributed by atoms with Gasteiger partial charge in [0, 0.05) is 6.61 Å². The maximum absolute atomic E-state index is 5.65. The predicted molar refractivity (Wildman–Crippen MR) is 61.4 cm³/mol. The molecule has 0 aromatic heterocycles. The zero-order valence-corrected chi connectivity index (χ0v) is 10.6. The Balaban J connectivity index is 1.44. The maximum Gasteiger partial charge on any atom is 0.0956 e. The van der Waals surface area contributed by atoms with E-state index in [0.717, 1.165) is 19.1 Å². The monoisotopic (exact) mass is 278 g/mol. The molecule has 1 aliphatic heterocycles. The Bertz CT molecular complexity index is 185. The van der Waals surface area contributed by atoms with E-state index in [1.54, 1.807) is 0 Å². The molecule has 1 aliphatic carbocycles. The minimum atomic E-state index is 0.206. The van der Waals surface area contributed by atoms with Crippen molar-refractivity contribution < 1.29 is 14.2 Å². The van der Waals surface area contributed by atoms with Gasteiger partial charge in [-0.3, -0.25) is 0 Å². The molecule has 4 heteroatoms. The average molecular weight is 279 g/mol. The predicted octanol–water partition coefficient (Wildman–Crippen LogP) is 1.98. The molecular formula is C11H19BrO3. The molecule has 1 saturated heterocycles. The van der Waals surface area contributed by atoms with Crippen LogP contribution in [-0.4, -0.2) is 44.0 Å². The highest BCUT2D eigenvalue weighted by Gasteiger charge is 2.26. The third kappa shape index (κ3) is 3.70. The molecule has 2 unspecified atom stereocenters. The van der Waals surface area contributed by atoms with Gasteiger partial charge in [-0.1, -0.05) is 22.4 Å². The van der Waals surface area contributed by atoms with E-state index in [4.69, 9.17) is 14.2 Å². The van der Waals surface area contributed by atoms with E-state index in [9.17, 15) is 0 Å². The maximum atomic E-state index is 5.65. The number of alkyl halides is 1. The quantitative estimate of drug-likeness (QED) is 0.549. The summed E-state index contributed by atoms with van der Waals surface area (Å²) in [6.07, 6.45) is 4.29. The molecule has 1 heterocycles. The number of hydrogen-bond donors (Lipinski definition) is 0. The summed E-state index contributed by atoms with van der Waals surface area (Å²) in [5, 5.41) is 0. The number of ether oxygens (including phenoxy) is 3. The highest BCUT2D eigenvalue weighted by atomic mass is 79.9. The van der Waals surface area contributed by atoms with Crippen molar-refractivity contribution in [3.8, 4) is 0 Å². The SMILES string of the molecule is BrC1COCC1OCCOCC1CCC1. The van der Waals surface area contributed by atoms with Crippen LogP contribution in [0.3, 0.4) is 0 Å². The second-order valence-corrected chi connectivity index (χ2v) is 5.51. The van der Waals surface area contributed by atoms with E-state index < -0.39 is 0 Å². The smallest absolute Gasteiger partial charge is 0.0956 e. The van der Waals surface area contributed by atoms with Crippen LogP contribution in [0.4, 0.5) is 0 Å². The van der Waals surface area contributed by atoms with Crippen molar-refractivity contribution in [2.24, 2.45) is 5.92 Å². The van der Waals surface area contributed by atoms with Crippen molar-refractivity contribution in [1.29, 1.82) is 0 Å². The molecule has 0 aromatic carbocycles. The summed E-state index contributed by atoms with van der Waals surface area (Å²) in [7, 11) is 0. The third-order valence-corrected chi connectivity index (χ3v) is 3.95. The van der Waals surface area contributed by atoms with Gasteiger partial charge in [-0.15, -0.1) is 0 Å². The van der Waals surface area contributed by atoms with Crippen LogP contribution in [-0.2, 0) is 14.2 Å². The molecule has 2 aliphatic rings. The van der Waals surface area contributed by atoms with E-state index in [1.165, 1.54) is 19.3 Å². The topological polar surface area (TPSA) is 27.7 Å². The van der Waals surface area contributed by atoms with Gasteiger partial charge < -0.3 is 14.2 Å². The standard InChI is InChI=1S/C11H19BrO3/c12-10-7-14-8-11(10)15-5-4-13-6-9-2-1-3-9/h9-11H,1-8H2. The molecule has 0 bridgehead atoms. The summed E-state index contributed by atoms with van der Waals surface area (Å²) in [6.45, 7) is 3.78. The average Bonchev–Trinajstić information content (AvgIpc) is 2.55. The van der Waals surface area contributed by atoms with Gasteiger partial charge in [0.1, 0.15) is 0 Å². The van der Waals surface area contributed by atoms with Crippen LogP contribution >= 0.6 is 15.9 Å². The molecule has 15 heavy (non-hydrogen) atoms. The molecule has 1 saturated carbocycles. The van der Waals surface area contributed by atoms with Crippen molar-refractivity contribution in [3.63, 3.8) is 0 Å². The van der Waals surface area contributed by atoms with Gasteiger partial charge in [0.05, 0.1) is 37.4 Å². The van der Waals surface area contributed by atoms with E-state index in [-0.39, 0.29) is 6.10 Å². The summed E-state index contributed by atoms with van der Waals surface area (Å²) in [5.41, 5.74) is 0. The Morgan fingerprint density at radius 1 is 1.20 bits per heavy atom. The molecule has 3 nitrogen and oxygen atoms in total. The Hall–Kier alpha value is 0.360. The summed E-state index contributed by atoms with van der Waals surface area (Å²) in [5.74, 6) is 0.823. The second-order valence-electron chi connectivity index (χ2n) is 4.33. The zero-order valence-electron chi connectivity index (χ0n) is 8.99. The van der Waals surface area contributed by atoms with E-state index in [0.29, 0.717) is 24.6 Å². The molecular weight excluding hydrogens is 260 g/mol. The third-order valence-electron chi connectivity index (χ3n) is 3.10. The van der Waals surface area contributed by atoms with Crippen molar-refractivity contribution in [3.05, 3.63) is 0 Å². The van der Waals surface area contributed by atoms with Crippen molar-refractivity contribution >= 4 is 15.9 Å². The van der Waals surface area contributed by atoms with Crippen LogP contribution in [0.5, 0.6) is 0 Å². The summed E-state index contributed by atoms with van der Waals surface area (Å²) < 4.78 is 16.5. The summed E-state index contributed by atoms with van der Waals surface area (Å²) in [4.78, 5) is 0.351. The fourth-order valence-electron chi connectivity index (χ4n) is 1.83. The lowest BCUT2D eigenvalue weighted by atomic mass is 9.86. The van der Waals surface area contributed by atoms with Gasteiger partial charge in [-0.25, -0.2) is 0 Å². The minimum Gasteiger partial charge on any atom is -0.379 e. The van der Waals surface area contributed by atoms with Crippen molar-refractivity contribution in [2.45, 2.75) is 30.2 Å². The fraction of sp³-hybridized carbons (Fsp3) is 1.00. The van der Waals surface area contributed by atoms with E-state index in [2.05, 4.69) is 15.9 Å². The van der Waals surface area contributed by atoms with Crippen molar-refractivity contribution in [2.75, 3.05) is 33.0 Å². The van der Waals surface area contributed by atoms with Gasteiger partial charge in [0.15, 0.2) is 0 Å². The van der Waals surface area contributed by atoms with E-state index in [1.807, 2.05) is 0 Å². The summed E-state index contributed by atoms with van der Waals surface area (Å²) >= 11 is 3.53. The molecule has 0 radical (unpaired) electrons. The lowest BCUT2D eigenvalue weighted by Crippen LogP contribution is -2.25. The molecule has 0 aromatic rings. The molecule has 2 atom stereocenters. The van der Waals surface area contributed by atoms with Gasteiger partial charge in [0.25, 0.3) is 0 Å². The Kier molecular flexibility index (Phi) is 4.88. The number of hydrogen-bond acceptors (Lipinski definition) is 3. The van der Waals surface area contributed by atoms with Gasteiger partial charge >= 0.3 is 0 Å². The minimum absolute atomic E-state index is 0.206. The molecule has 0 spiro atoms. The van der Waals surface area contributed by atoms with Gasteiger partial charge in [-0.2, -0.15) is 0 Å². The van der Waals surface area contributed by atoms with Crippen LogP contribution in [0.2, 0.25) is 0 Å². The Labute approximate surface area is 99.6 Å². The highest BCUT2D eigenvalue weighted by molar-refractivity contribution is 9.09. The Morgan fingerprint density at radius 3 is 2.67 bits per heavy atom. The molecule has 2 fully saturated rings. The Morgan fingerprint density at radius 2 is 2.07 bits per heavy atom. The van der Waals surface area contributed by atoms with Gasteiger partial charge in [-0.05, 0) is 18.8 Å². The molecule has 88 valence electrons. The summed E-state index contributed by atoms with van der Waals surface area (Å²) in [6, 6.07) is 0. The normalized spacial score (nSPS) is 31.8. The molecule has 2 rings (SSSR count). The number of halogens is 1. The first kappa shape index (κ1) is 11.8. The lowest BCUT2D eigenvalue weighted by molar-refractivity contribution is -0.0109. The first-order valence-electron chi connectivity index (χ1n) is 5.77. The number of rotatable bonds is 6. The zero-order chi connectivity index (χ0) is 10.5. The first-order valence-corrected chi connectivity index (χ1v) is 6.69. The van der Waals surface area contributed by atoms with Crippen LogP contribution in [0, 0.1) is 5.92 Å². The highest BCUT2D eigenvalue weighted by Crippen LogP contribution is 2.26. The van der Waals surface area contributed by atoms with Crippen LogP contribution in [0.25, 0.3) is 0 Å². The van der Waals surface area contributed by atoms with Crippen molar-refractivity contribution in [1.82, 2.24) is 0 Å². The van der Waals surface area contributed by atoms with Crippen LogP contribution < -0.4 is 0 Å². The molecule has 0 N–H and O–H groups in total. The molecule has 0 amide bonds.